The number of benzene rings is 3. The Hall–Kier alpha value is -3.85. The maximum Gasteiger partial charge on any atom is 0.416 e. The van der Waals surface area contributed by atoms with Gasteiger partial charge in [-0.15, -0.1) is 0 Å². The molecule has 4 rings (SSSR count). The molecule has 6 nitrogen and oxygen atoms in total. The highest BCUT2D eigenvalue weighted by atomic mass is 35.5. The van der Waals surface area contributed by atoms with Crippen LogP contribution in [0.15, 0.2) is 71.5 Å². The van der Waals surface area contributed by atoms with Gasteiger partial charge in [0.15, 0.2) is 12.4 Å². The van der Waals surface area contributed by atoms with Crippen molar-refractivity contribution in [3.63, 3.8) is 0 Å². The SMILES string of the molecule is C=C(O)C(C)(C)C.CC(=O)c1cc(Cl)c2ccccc2c1OCc1noc(-c2ccc(C(F)(F)F)cc2)n1. The van der Waals surface area contributed by atoms with Gasteiger partial charge in [0, 0.05) is 26.8 Å². The summed E-state index contributed by atoms with van der Waals surface area (Å²) in [6, 6.07) is 13.1. The van der Waals surface area contributed by atoms with Crippen molar-refractivity contribution in [2.24, 2.45) is 5.41 Å². The lowest BCUT2D eigenvalue weighted by Gasteiger charge is -2.14. The molecular weight excluding hydrogens is 521 g/mol. The van der Waals surface area contributed by atoms with E-state index in [4.69, 9.17) is 26.0 Å². The van der Waals surface area contributed by atoms with Gasteiger partial charge in [-0.2, -0.15) is 18.2 Å². The van der Waals surface area contributed by atoms with Gasteiger partial charge in [-0.1, -0.05) is 68.4 Å². The van der Waals surface area contributed by atoms with Gasteiger partial charge < -0.3 is 14.4 Å². The second-order valence-corrected chi connectivity index (χ2v) is 9.82. The van der Waals surface area contributed by atoms with Crippen LogP contribution in [-0.4, -0.2) is 21.0 Å². The molecule has 0 saturated carbocycles. The van der Waals surface area contributed by atoms with Crippen molar-refractivity contribution in [3.8, 4) is 17.2 Å². The molecule has 0 fully saturated rings. The molecule has 0 unspecified atom stereocenters. The maximum absolute atomic E-state index is 12.7. The van der Waals surface area contributed by atoms with Crippen LogP contribution in [0.5, 0.6) is 5.75 Å². The number of hydrogen-bond acceptors (Lipinski definition) is 6. The predicted molar refractivity (Wildman–Crippen MR) is 139 cm³/mol. The second-order valence-electron chi connectivity index (χ2n) is 9.41. The van der Waals surface area contributed by atoms with Crippen LogP contribution < -0.4 is 4.74 Å². The molecule has 0 spiro atoms. The molecule has 0 saturated heterocycles. The highest BCUT2D eigenvalue weighted by Gasteiger charge is 2.30. The van der Waals surface area contributed by atoms with Crippen LogP contribution >= 0.6 is 11.6 Å². The third kappa shape index (κ3) is 6.92. The van der Waals surface area contributed by atoms with E-state index in [1.165, 1.54) is 19.1 Å². The average molecular weight is 547 g/mol. The van der Waals surface area contributed by atoms with E-state index in [2.05, 4.69) is 16.7 Å². The van der Waals surface area contributed by atoms with Crippen LogP contribution in [0.1, 0.15) is 49.4 Å². The van der Waals surface area contributed by atoms with Crippen LogP contribution in [-0.2, 0) is 12.8 Å². The fraction of sp³-hybridized carbons (Fsp3) is 0.250. The number of aliphatic hydroxyl groups is 1. The Balaban J connectivity index is 0.000000505. The Bertz CT molecular complexity index is 1460. The lowest BCUT2D eigenvalue weighted by molar-refractivity contribution is -0.137. The maximum atomic E-state index is 12.7. The third-order valence-corrected chi connectivity index (χ3v) is 5.78. The number of fused-ring (bicyclic) bond motifs is 1. The number of carbonyl (C=O) groups excluding carboxylic acids is 1. The van der Waals surface area contributed by atoms with Gasteiger partial charge in [-0.05, 0) is 37.3 Å². The second kappa shape index (κ2) is 11.3. The molecule has 3 aromatic carbocycles. The number of hydrogen-bond donors (Lipinski definition) is 1. The fourth-order valence-corrected chi connectivity index (χ4v) is 3.36. The van der Waals surface area contributed by atoms with E-state index < -0.39 is 11.7 Å². The van der Waals surface area contributed by atoms with Crippen LogP contribution in [0.25, 0.3) is 22.2 Å². The monoisotopic (exact) mass is 546 g/mol. The summed E-state index contributed by atoms with van der Waals surface area (Å²) < 4.78 is 49.1. The summed E-state index contributed by atoms with van der Waals surface area (Å²) in [5.74, 6) is 0.589. The number of carbonyl (C=O) groups is 1. The van der Waals surface area contributed by atoms with Crippen LogP contribution in [0.4, 0.5) is 13.2 Å². The van der Waals surface area contributed by atoms with E-state index in [1.807, 2.05) is 32.9 Å². The van der Waals surface area contributed by atoms with Gasteiger partial charge >= 0.3 is 6.18 Å². The Morgan fingerprint density at radius 3 is 2.18 bits per heavy atom. The minimum Gasteiger partial charge on any atom is -0.512 e. The molecule has 1 aromatic heterocycles. The molecule has 0 aliphatic carbocycles. The van der Waals surface area contributed by atoms with Crippen molar-refractivity contribution in [1.82, 2.24) is 10.1 Å². The molecule has 0 aliphatic rings. The molecule has 0 radical (unpaired) electrons. The van der Waals surface area contributed by atoms with Gasteiger partial charge in [-0.3, -0.25) is 4.79 Å². The number of aliphatic hydroxyl groups excluding tert-OH is 1. The number of rotatable bonds is 5. The molecular formula is C28H26ClF3N2O4. The van der Waals surface area contributed by atoms with E-state index in [1.54, 1.807) is 18.2 Å². The molecule has 0 bridgehead atoms. The highest BCUT2D eigenvalue weighted by Crippen LogP contribution is 2.36. The first-order chi connectivity index (χ1) is 17.7. The van der Waals surface area contributed by atoms with Crippen LogP contribution in [0, 0.1) is 5.41 Å². The van der Waals surface area contributed by atoms with Gasteiger partial charge in [-0.25, -0.2) is 0 Å². The first kappa shape index (κ1) is 28.7. The number of nitrogens with zero attached hydrogens (tertiary/aromatic N) is 2. The van der Waals surface area contributed by atoms with Crippen molar-refractivity contribution >= 4 is 28.2 Å². The van der Waals surface area contributed by atoms with Crippen molar-refractivity contribution in [1.29, 1.82) is 0 Å². The number of Topliss-reactive ketones (excluding diaryl/α,β-unsaturated/α-hetero) is 1. The summed E-state index contributed by atoms with van der Waals surface area (Å²) >= 11 is 6.29. The molecule has 1 N–H and O–H groups in total. The van der Waals surface area contributed by atoms with Crippen molar-refractivity contribution < 1.29 is 32.3 Å². The minimum absolute atomic E-state index is 0.0556. The molecule has 38 heavy (non-hydrogen) atoms. The standard InChI is InChI=1S/C22H14ClF3N2O3.C6H12O/c1-12(29)17-10-18(23)15-4-2-3-5-16(15)20(17)30-11-19-27-21(31-28-19)13-6-8-14(9-7-13)22(24,25)26;1-5(7)6(2,3)4/h2-10H,11H2,1H3;7H,1H2,2-4H3. The smallest absolute Gasteiger partial charge is 0.416 e. The lowest BCUT2D eigenvalue weighted by atomic mass is 9.95. The zero-order chi connectivity index (χ0) is 28.3. The van der Waals surface area contributed by atoms with Crippen LogP contribution in [0.3, 0.4) is 0 Å². The summed E-state index contributed by atoms with van der Waals surface area (Å²) in [5, 5.41) is 14.3. The quantitative estimate of drug-likeness (QED) is 0.200. The molecule has 10 heteroatoms. The minimum atomic E-state index is -4.43. The van der Waals surface area contributed by atoms with Gasteiger partial charge in [0.25, 0.3) is 5.89 Å². The summed E-state index contributed by atoms with van der Waals surface area (Å²) in [6.45, 7) is 10.4. The molecule has 200 valence electrons. The molecule has 0 aliphatic heterocycles. The number of alkyl halides is 3. The largest absolute Gasteiger partial charge is 0.512 e. The number of ether oxygens (including phenoxy) is 1. The van der Waals surface area contributed by atoms with Gasteiger partial charge in [0.1, 0.15) is 5.75 Å². The van der Waals surface area contributed by atoms with Crippen molar-refractivity contribution in [3.05, 3.63) is 88.9 Å². The number of allylic oxidation sites excluding steroid dienone is 1. The van der Waals surface area contributed by atoms with Gasteiger partial charge in [0.05, 0.1) is 16.9 Å². The molecule has 0 atom stereocenters. The van der Waals surface area contributed by atoms with Gasteiger partial charge in [0.2, 0.25) is 5.82 Å². The van der Waals surface area contributed by atoms with Crippen molar-refractivity contribution in [2.75, 3.05) is 0 Å². The highest BCUT2D eigenvalue weighted by molar-refractivity contribution is 6.36. The third-order valence-electron chi connectivity index (χ3n) is 5.46. The first-order valence-electron chi connectivity index (χ1n) is 11.4. The first-order valence-corrected chi connectivity index (χ1v) is 11.8. The summed E-state index contributed by atoms with van der Waals surface area (Å²) in [6.07, 6.45) is -4.43. The van der Waals surface area contributed by atoms with Crippen molar-refractivity contribution in [2.45, 2.75) is 40.5 Å². The Kier molecular flexibility index (Phi) is 8.51. The molecule has 4 aromatic rings. The normalized spacial score (nSPS) is 11.6. The number of aromatic nitrogens is 2. The van der Waals surface area contributed by atoms with E-state index in [-0.39, 0.29) is 35.3 Å². The van der Waals surface area contributed by atoms with E-state index in [9.17, 15) is 18.0 Å². The van der Waals surface area contributed by atoms with Crippen LogP contribution in [0.2, 0.25) is 5.02 Å². The van der Waals surface area contributed by atoms with E-state index in [0.717, 1.165) is 17.5 Å². The lowest BCUT2D eigenvalue weighted by Crippen LogP contribution is -2.06. The van der Waals surface area contributed by atoms with E-state index in [0.29, 0.717) is 27.3 Å². The topological polar surface area (TPSA) is 85.5 Å². The summed E-state index contributed by atoms with van der Waals surface area (Å²) in [4.78, 5) is 16.3. The summed E-state index contributed by atoms with van der Waals surface area (Å²) in [5.41, 5.74) is -0.256. The zero-order valence-corrected chi connectivity index (χ0v) is 21.9. The Morgan fingerprint density at radius 1 is 1.08 bits per heavy atom. The number of halogens is 4. The molecule has 0 amide bonds. The zero-order valence-electron chi connectivity index (χ0n) is 21.2. The van der Waals surface area contributed by atoms with E-state index >= 15 is 0 Å². The number of ketones is 1. The Morgan fingerprint density at radius 2 is 1.66 bits per heavy atom. The predicted octanol–water partition coefficient (Wildman–Crippen LogP) is 8.45. The average Bonchev–Trinajstić information content (AvgIpc) is 3.32. The summed E-state index contributed by atoms with van der Waals surface area (Å²) in [7, 11) is 0. The Labute approximate surface area is 222 Å². The molecule has 1 heterocycles. The fourth-order valence-electron chi connectivity index (χ4n) is 3.09.